The molecule has 0 aliphatic carbocycles. The monoisotopic (exact) mass is 405 g/mol. The minimum absolute atomic E-state index is 0.0618. The zero-order valence-electron chi connectivity index (χ0n) is 17.1. The van der Waals surface area contributed by atoms with Crippen LogP contribution in [0.25, 0.3) is 0 Å². The standard InChI is InChI=1S/C20H27N3O4S/c1-13(2)22-28(25,26)17-9-7-8-16(10-17)20(24)23(5)12-18-15(4)19(27-6)14(3)11-21-18/h7-11,13,22H,12H2,1-6H3. The number of hydrogen-bond donors (Lipinski definition) is 1. The van der Waals surface area contributed by atoms with E-state index in [-0.39, 0.29) is 23.4 Å². The number of rotatable bonds is 7. The topological polar surface area (TPSA) is 88.6 Å². The van der Waals surface area contributed by atoms with E-state index in [1.54, 1.807) is 46.3 Å². The van der Waals surface area contributed by atoms with Gasteiger partial charge in [-0.05, 0) is 45.9 Å². The number of benzene rings is 1. The van der Waals surface area contributed by atoms with Crippen LogP contribution in [0, 0.1) is 13.8 Å². The second-order valence-electron chi connectivity index (χ2n) is 7.01. The van der Waals surface area contributed by atoms with Crippen molar-refractivity contribution >= 4 is 15.9 Å². The molecule has 1 N–H and O–H groups in total. The normalized spacial score (nSPS) is 11.5. The number of nitrogens with one attached hydrogen (secondary N) is 1. The van der Waals surface area contributed by atoms with Gasteiger partial charge in [0.15, 0.2) is 0 Å². The summed E-state index contributed by atoms with van der Waals surface area (Å²) < 4.78 is 32.7. The van der Waals surface area contributed by atoms with Gasteiger partial charge < -0.3 is 9.64 Å². The Morgan fingerprint density at radius 2 is 1.96 bits per heavy atom. The van der Waals surface area contributed by atoms with Crippen LogP contribution in [0.4, 0.5) is 0 Å². The molecule has 8 heteroatoms. The average molecular weight is 406 g/mol. The number of methoxy groups -OCH3 is 1. The van der Waals surface area contributed by atoms with Gasteiger partial charge in [0.2, 0.25) is 10.0 Å². The summed E-state index contributed by atoms with van der Waals surface area (Å²) in [5.74, 6) is 0.459. The van der Waals surface area contributed by atoms with Crippen LogP contribution in [0.1, 0.15) is 41.0 Å². The van der Waals surface area contributed by atoms with Gasteiger partial charge in [-0.2, -0.15) is 0 Å². The van der Waals surface area contributed by atoms with Crippen molar-refractivity contribution in [3.05, 3.63) is 52.8 Å². The van der Waals surface area contributed by atoms with Crippen molar-refractivity contribution in [1.29, 1.82) is 0 Å². The van der Waals surface area contributed by atoms with Crippen LogP contribution in [0.2, 0.25) is 0 Å². The van der Waals surface area contributed by atoms with E-state index in [9.17, 15) is 13.2 Å². The summed E-state index contributed by atoms with van der Waals surface area (Å²) in [6, 6.07) is 5.78. The van der Waals surface area contributed by atoms with E-state index in [4.69, 9.17) is 4.74 Å². The molecule has 0 spiro atoms. The minimum Gasteiger partial charge on any atom is -0.496 e. The summed E-state index contributed by atoms with van der Waals surface area (Å²) in [6.45, 7) is 7.57. The van der Waals surface area contributed by atoms with Crippen molar-refractivity contribution in [1.82, 2.24) is 14.6 Å². The molecule has 0 bridgehead atoms. The molecule has 0 atom stereocenters. The predicted molar refractivity (Wildman–Crippen MR) is 108 cm³/mol. The fraction of sp³-hybridized carbons (Fsp3) is 0.400. The van der Waals surface area contributed by atoms with Gasteiger partial charge in [-0.1, -0.05) is 6.07 Å². The SMILES string of the molecule is COc1c(C)cnc(CN(C)C(=O)c2cccc(S(=O)(=O)NC(C)C)c2)c1C. The molecule has 1 aromatic carbocycles. The molecule has 2 rings (SSSR count). The van der Waals surface area contributed by atoms with Gasteiger partial charge in [-0.25, -0.2) is 13.1 Å². The number of ether oxygens (including phenoxy) is 1. The molecule has 0 fully saturated rings. The number of aryl methyl sites for hydroxylation is 1. The third kappa shape index (κ3) is 4.88. The zero-order chi connectivity index (χ0) is 21.1. The molecule has 0 unspecified atom stereocenters. The summed E-state index contributed by atoms with van der Waals surface area (Å²) >= 11 is 0. The molecule has 0 aliphatic heterocycles. The number of hydrogen-bond acceptors (Lipinski definition) is 5. The maximum atomic E-state index is 12.8. The molecule has 1 amide bonds. The van der Waals surface area contributed by atoms with Crippen LogP contribution in [0.5, 0.6) is 5.75 Å². The van der Waals surface area contributed by atoms with E-state index < -0.39 is 10.0 Å². The van der Waals surface area contributed by atoms with Gasteiger partial charge in [0, 0.05) is 36.0 Å². The Labute approximate surface area is 166 Å². The van der Waals surface area contributed by atoms with E-state index >= 15 is 0 Å². The molecule has 2 aromatic rings. The van der Waals surface area contributed by atoms with Gasteiger partial charge in [0.1, 0.15) is 5.75 Å². The van der Waals surface area contributed by atoms with E-state index in [1.807, 2.05) is 13.8 Å². The van der Waals surface area contributed by atoms with Crippen LogP contribution in [0.3, 0.4) is 0 Å². The summed E-state index contributed by atoms with van der Waals surface area (Å²) in [6.07, 6.45) is 1.71. The van der Waals surface area contributed by atoms with E-state index in [0.717, 1.165) is 22.6 Å². The molecular weight excluding hydrogens is 378 g/mol. The van der Waals surface area contributed by atoms with Gasteiger partial charge in [-0.3, -0.25) is 9.78 Å². The largest absolute Gasteiger partial charge is 0.496 e. The first-order valence-electron chi connectivity index (χ1n) is 8.93. The Hall–Kier alpha value is -2.45. The third-order valence-electron chi connectivity index (χ3n) is 4.27. The molecular formula is C20H27N3O4S. The van der Waals surface area contributed by atoms with Crippen molar-refractivity contribution in [2.45, 2.75) is 45.2 Å². The second-order valence-corrected chi connectivity index (χ2v) is 8.73. The second kappa shape index (κ2) is 8.70. The van der Waals surface area contributed by atoms with Gasteiger partial charge in [0.25, 0.3) is 5.91 Å². The Bertz CT molecular complexity index is 971. The molecule has 1 heterocycles. The number of pyridine rings is 1. The number of carbonyl (C=O) groups excluding carboxylic acids is 1. The smallest absolute Gasteiger partial charge is 0.253 e. The molecule has 152 valence electrons. The lowest BCUT2D eigenvalue weighted by Crippen LogP contribution is -2.31. The fourth-order valence-corrected chi connectivity index (χ4v) is 4.22. The first kappa shape index (κ1) is 21.8. The van der Waals surface area contributed by atoms with Crippen LogP contribution in [-0.2, 0) is 16.6 Å². The minimum atomic E-state index is -3.67. The van der Waals surface area contributed by atoms with Crippen molar-refractivity contribution in [2.24, 2.45) is 0 Å². The van der Waals surface area contributed by atoms with E-state index in [1.165, 1.54) is 17.0 Å². The van der Waals surface area contributed by atoms with Crippen LogP contribution in [0.15, 0.2) is 35.4 Å². The highest BCUT2D eigenvalue weighted by Crippen LogP contribution is 2.25. The highest BCUT2D eigenvalue weighted by molar-refractivity contribution is 7.89. The zero-order valence-corrected chi connectivity index (χ0v) is 17.9. The van der Waals surface area contributed by atoms with E-state index in [0.29, 0.717) is 5.56 Å². The Morgan fingerprint density at radius 1 is 1.29 bits per heavy atom. The Balaban J connectivity index is 2.26. The lowest BCUT2D eigenvalue weighted by molar-refractivity contribution is 0.0783. The van der Waals surface area contributed by atoms with Gasteiger partial charge in [-0.15, -0.1) is 0 Å². The van der Waals surface area contributed by atoms with Crippen molar-refractivity contribution in [3.8, 4) is 5.75 Å². The summed E-state index contributed by atoms with van der Waals surface area (Å²) in [4.78, 5) is 18.8. The summed E-state index contributed by atoms with van der Waals surface area (Å²) in [7, 11) is -0.412. The quantitative estimate of drug-likeness (QED) is 0.765. The highest BCUT2D eigenvalue weighted by atomic mass is 32.2. The molecule has 0 saturated carbocycles. The van der Waals surface area contributed by atoms with Crippen molar-refractivity contribution < 1.29 is 17.9 Å². The fourth-order valence-electron chi connectivity index (χ4n) is 2.92. The molecule has 1 aromatic heterocycles. The third-order valence-corrected chi connectivity index (χ3v) is 5.92. The highest BCUT2D eigenvalue weighted by Gasteiger charge is 2.20. The average Bonchev–Trinajstić information content (AvgIpc) is 2.63. The molecule has 0 aliphatic rings. The van der Waals surface area contributed by atoms with Gasteiger partial charge >= 0.3 is 0 Å². The molecule has 0 radical (unpaired) electrons. The lowest BCUT2D eigenvalue weighted by atomic mass is 10.1. The van der Waals surface area contributed by atoms with Crippen LogP contribution >= 0.6 is 0 Å². The Kier molecular flexibility index (Phi) is 6.79. The van der Waals surface area contributed by atoms with Crippen molar-refractivity contribution in [2.75, 3.05) is 14.2 Å². The molecule has 7 nitrogen and oxygen atoms in total. The van der Waals surface area contributed by atoms with Crippen LogP contribution in [-0.4, -0.2) is 44.4 Å². The number of amides is 1. The maximum Gasteiger partial charge on any atom is 0.253 e. The number of sulfonamides is 1. The first-order valence-corrected chi connectivity index (χ1v) is 10.4. The number of nitrogens with zero attached hydrogens (tertiary/aromatic N) is 2. The summed E-state index contributed by atoms with van der Waals surface area (Å²) in [5.41, 5.74) is 2.82. The predicted octanol–water partition coefficient (Wildman–Crippen LogP) is 2.67. The van der Waals surface area contributed by atoms with Crippen molar-refractivity contribution in [3.63, 3.8) is 0 Å². The molecule has 28 heavy (non-hydrogen) atoms. The maximum absolute atomic E-state index is 12.8. The first-order chi connectivity index (χ1) is 13.1. The number of aromatic nitrogens is 1. The van der Waals surface area contributed by atoms with E-state index in [2.05, 4.69) is 9.71 Å². The van der Waals surface area contributed by atoms with Gasteiger partial charge in [0.05, 0.1) is 24.2 Å². The molecule has 0 saturated heterocycles. The lowest BCUT2D eigenvalue weighted by Gasteiger charge is -2.20. The van der Waals surface area contributed by atoms with Crippen LogP contribution < -0.4 is 9.46 Å². The number of carbonyl (C=O) groups is 1. The summed E-state index contributed by atoms with van der Waals surface area (Å²) in [5, 5.41) is 0. The Morgan fingerprint density at radius 3 is 2.57 bits per heavy atom.